The molecule has 0 aliphatic carbocycles. The molecule has 1 aliphatic rings. The molecular formula is C9H5ClFNO2. The molecule has 1 aliphatic heterocycles. The lowest BCUT2D eigenvalue weighted by Gasteiger charge is -2.01. The van der Waals surface area contributed by atoms with E-state index in [0.29, 0.717) is 5.02 Å². The van der Waals surface area contributed by atoms with Crippen molar-refractivity contribution in [2.45, 2.75) is 0 Å². The molecule has 0 aromatic heterocycles. The predicted octanol–water partition coefficient (Wildman–Crippen LogP) is 1.78. The second-order valence-electron chi connectivity index (χ2n) is 2.72. The number of nitrogens with zero attached hydrogens (tertiary/aromatic N) is 1. The number of carbonyl (C=O) groups is 1. The largest absolute Gasteiger partial charge is 0.406 e. The lowest BCUT2D eigenvalue weighted by molar-refractivity contribution is -0.132. The fourth-order valence-corrected chi connectivity index (χ4v) is 1.28. The Morgan fingerprint density at radius 3 is 2.93 bits per heavy atom. The van der Waals surface area contributed by atoms with E-state index >= 15 is 0 Å². The summed E-state index contributed by atoms with van der Waals surface area (Å²) in [5.74, 6) is -1.00. The first kappa shape index (κ1) is 9.15. The van der Waals surface area contributed by atoms with Crippen LogP contribution in [-0.4, -0.2) is 18.4 Å². The van der Waals surface area contributed by atoms with E-state index in [2.05, 4.69) is 4.99 Å². The number of esters is 1. The molecule has 14 heavy (non-hydrogen) atoms. The van der Waals surface area contributed by atoms with Crippen LogP contribution in [0.15, 0.2) is 23.2 Å². The van der Waals surface area contributed by atoms with Gasteiger partial charge < -0.3 is 4.74 Å². The number of aliphatic imine (C=N–C) groups is 1. The van der Waals surface area contributed by atoms with Crippen LogP contribution >= 0.6 is 11.6 Å². The highest BCUT2D eigenvalue weighted by Crippen LogP contribution is 2.17. The van der Waals surface area contributed by atoms with Crippen LogP contribution in [0.5, 0.6) is 0 Å². The highest BCUT2D eigenvalue weighted by Gasteiger charge is 2.20. The average Bonchev–Trinajstić information content (AvgIpc) is 2.56. The van der Waals surface area contributed by atoms with Crippen LogP contribution in [-0.2, 0) is 9.53 Å². The third-order valence-electron chi connectivity index (χ3n) is 1.72. The lowest BCUT2D eigenvalue weighted by Crippen LogP contribution is -2.07. The molecule has 2 rings (SSSR count). The quantitative estimate of drug-likeness (QED) is 0.667. The van der Waals surface area contributed by atoms with Crippen LogP contribution in [0.2, 0.25) is 5.02 Å². The van der Waals surface area contributed by atoms with Crippen molar-refractivity contribution in [2.75, 3.05) is 6.54 Å². The zero-order valence-electron chi connectivity index (χ0n) is 6.96. The molecule has 0 saturated carbocycles. The first-order valence-electron chi connectivity index (χ1n) is 3.87. The van der Waals surface area contributed by atoms with Crippen molar-refractivity contribution < 1.29 is 13.9 Å². The molecular weight excluding hydrogens is 209 g/mol. The second-order valence-corrected chi connectivity index (χ2v) is 3.16. The van der Waals surface area contributed by atoms with Crippen molar-refractivity contribution in [1.29, 1.82) is 0 Å². The van der Waals surface area contributed by atoms with Gasteiger partial charge in [-0.25, -0.2) is 14.2 Å². The van der Waals surface area contributed by atoms with Gasteiger partial charge in [-0.2, -0.15) is 0 Å². The number of ether oxygens (including phenoxy) is 1. The summed E-state index contributed by atoms with van der Waals surface area (Å²) in [6, 6.07) is 3.98. The maximum atomic E-state index is 13.2. The molecule has 0 amide bonds. The van der Waals surface area contributed by atoms with Gasteiger partial charge in [0.05, 0.1) is 5.56 Å². The molecule has 0 unspecified atom stereocenters. The summed E-state index contributed by atoms with van der Waals surface area (Å²) >= 11 is 5.67. The molecule has 0 saturated heterocycles. The zero-order chi connectivity index (χ0) is 10.1. The fourth-order valence-electron chi connectivity index (χ4n) is 1.11. The summed E-state index contributed by atoms with van der Waals surface area (Å²) < 4.78 is 17.9. The van der Waals surface area contributed by atoms with E-state index in [1.807, 2.05) is 0 Å². The molecule has 1 aromatic carbocycles. The molecule has 3 nitrogen and oxygen atoms in total. The summed E-state index contributed by atoms with van der Waals surface area (Å²) in [6.45, 7) is -0.0682. The second kappa shape index (κ2) is 3.38. The van der Waals surface area contributed by atoms with Crippen molar-refractivity contribution in [3.63, 3.8) is 0 Å². The van der Waals surface area contributed by atoms with Gasteiger partial charge in [-0.3, -0.25) is 0 Å². The molecule has 72 valence electrons. The number of rotatable bonds is 1. The highest BCUT2D eigenvalue weighted by atomic mass is 35.5. The maximum Gasteiger partial charge on any atom is 0.334 e. The van der Waals surface area contributed by atoms with E-state index in [0.717, 1.165) is 0 Å². The molecule has 1 aromatic rings. The summed E-state index contributed by atoms with van der Waals surface area (Å²) in [5, 5.41) is 0.368. The van der Waals surface area contributed by atoms with Gasteiger partial charge in [0, 0.05) is 5.02 Å². The van der Waals surface area contributed by atoms with Gasteiger partial charge in [0.2, 0.25) is 5.90 Å². The number of carbonyl (C=O) groups excluding carboxylic acids is 1. The molecule has 0 spiro atoms. The van der Waals surface area contributed by atoms with Crippen molar-refractivity contribution in [3.05, 3.63) is 34.6 Å². The monoisotopic (exact) mass is 213 g/mol. The third-order valence-corrected chi connectivity index (χ3v) is 1.96. The Hall–Kier alpha value is -1.42. The molecule has 5 heteroatoms. The van der Waals surface area contributed by atoms with Gasteiger partial charge in [0.25, 0.3) is 0 Å². The Kier molecular flexibility index (Phi) is 2.21. The molecule has 0 atom stereocenters. The standard InChI is InChI=1S/C9H5ClFNO2/c10-5-1-2-7(11)6(3-5)9-12-4-8(13)14-9/h1-3H,4H2. The summed E-state index contributed by atoms with van der Waals surface area (Å²) in [6.07, 6.45) is 0. The Morgan fingerprint density at radius 2 is 2.29 bits per heavy atom. The van der Waals surface area contributed by atoms with Gasteiger partial charge in [-0.05, 0) is 18.2 Å². The Morgan fingerprint density at radius 1 is 1.50 bits per heavy atom. The Balaban J connectivity index is 2.41. The minimum atomic E-state index is -0.511. The SMILES string of the molecule is O=C1CN=C(c2cc(Cl)ccc2F)O1. The minimum absolute atomic E-state index is 0.00463. The zero-order valence-corrected chi connectivity index (χ0v) is 7.71. The number of halogens is 2. The van der Waals surface area contributed by atoms with Crippen molar-refractivity contribution in [2.24, 2.45) is 4.99 Å². The number of cyclic esters (lactones) is 1. The van der Waals surface area contributed by atoms with Crippen LogP contribution in [0.4, 0.5) is 4.39 Å². The van der Waals surface area contributed by atoms with E-state index in [1.165, 1.54) is 18.2 Å². The Labute approximate surface area is 84.2 Å². The van der Waals surface area contributed by atoms with Crippen molar-refractivity contribution in [3.8, 4) is 0 Å². The van der Waals surface area contributed by atoms with Crippen LogP contribution in [0.25, 0.3) is 0 Å². The van der Waals surface area contributed by atoms with E-state index in [-0.39, 0.29) is 18.0 Å². The number of hydrogen-bond donors (Lipinski definition) is 0. The Bertz CT molecular complexity index is 431. The molecule has 0 N–H and O–H groups in total. The van der Waals surface area contributed by atoms with Crippen LogP contribution in [0.3, 0.4) is 0 Å². The van der Waals surface area contributed by atoms with Crippen LogP contribution in [0.1, 0.15) is 5.56 Å². The summed E-state index contributed by atoms with van der Waals surface area (Å²) in [4.78, 5) is 14.5. The van der Waals surface area contributed by atoms with E-state index in [9.17, 15) is 9.18 Å². The van der Waals surface area contributed by atoms with E-state index in [1.54, 1.807) is 0 Å². The van der Waals surface area contributed by atoms with Crippen LogP contribution < -0.4 is 0 Å². The van der Waals surface area contributed by atoms with Gasteiger partial charge in [-0.1, -0.05) is 11.6 Å². The predicted molar refractivity (Wildman–Crippen MR) is 48.9 cm³/mol. The van der Waals surface area contributed by atoms with Gasteiger partial charge in [0.1, 0.15) is 12.4 Å². The topological polar surface area (TPSA) is 38.7 Å². The van der Waals surface area contributed by atoms with E-state index < -0.39 is 11.8 Å². The van der Waals surface area contributed by atoms with Gasteiger partial charge >= 0.3 is 5.97 Å². The third kappa shape index (κ3) is 1.61. The van der Waals surface area contributed by atoms with E-state index in [4.69, 9.17) is 16.3 Å². The highest BCUT2D eigenvalue weighted by molar-refractivity contribution is 6.31. The summed E-state index contributed by atoms with van der Waals surface area (Å²) in [7, 11) is 0. The van der Waals surface area contributed by atoms with Gasteiger partial charge in [-0.15, -0.1) is 0 Å². The minimum Gasteiger partial charge on any atom is -0.406 e. The maximum absolute atomic E-state index is 13.2. The smallest absolute Gasteiger partial charge is 0.334 e. The van der Waals surface area contributed by atoms with Crippen LogP contribution in [0, 0.1) is 5.82 Å². The molecule has 0 bridgehead atoms. The van der Waals surface area contributed by atoms with Crippen molar-refractivity contribution >= 4 is 23.5 Å². The molecule has 1 heterocycles. The van der Waals surface area contributed by atoms with Gasteiger partial charge in [0.15, 0.2) is 0 Å². The summed E-state index contributed by atoms with van der Waals surface area (Å²) in [5.41, 5.74) is 0.114. The first-order valence-corrected chi connectivity index (χ1v) is 4.25. The average molecular weight is 214 g/mol. The molecule has 0 radical (unpaired) electrons. The fraction of sp³-hybridized carbons (Fsp3) is 0.111. The van der Waals surface area contributed by atoms with Crippen molar-refractivity contribution in [1.82, 2.24) is 0 Å². The number of hydrogen-bond acceptors (Lipinski definition) is 3. The first-order chi connectivity index (χ1) is 6.66. The molecule has 0 fully saturated rings. The normalized spacial score (nSPS) is 15.3. The lowest BCUT2D eigenvalue weighted by atomic mass is 10.2. The number of benzene rings is 1.